The summed E-state index contributed by atoms with van der Waals surface area (Å²) >= 11 is 0. The van der Waals surface area contributed by atoms with Crippen LogP contribution in [0.4, 0.5) is 0 Å². The van der Waals surface area contributed by atoms with Gasteiger partial charge in [-0.1, -0.05) is 0 Å². The Kier molecular flexibility index (Phi) is 2.00. The van der Waals surface area contributed by atoms with Crippen LogP contribution in [0.1, 0.15) is 5.56 Å². The van der Waals surface area contributed by atoms with E-state index in [0.717, 1.165) is 0 Å². The minimum atomic E-state index is -0.975. The number of aromatic nitrogens is 2. The van der Waals surface area contributed by atoms with Gasteiger partial charge in [0.05, 0.1) is 12.6 Å². The lowest BCUT2D eigenvalue weighted by molar-refractivity contribution is -0.136. The van der Waals surface area contributed by atoms with E-state index in [9.17, 15) is 9.59 Å². The molecule has 0 aliphatic heterocycles. The van der Waals surface area contributed by atoms with Crippen molar-refractivity contribution in [1.82, 2.24) is 10.2 Å². The summed E-state index contributed by atoms with van der Waals surface area (Å²) in [7, 11) is 0. The number of rotatable bonds is 2. The molecule has 0 radical (unpaired) electrons. The summed E-state index contributed by atoms with van der Waals surface area (Å²) in [4.78, 5) is 20.7. The molecule has 0 saturated carbocycles. The number of carboxylic acids is 1. The molecule has 0 spiro atoms. The van der Waals surface area contributed by atoms with E-state index in [0.29, 0.717) is 5.56 Å². The molecule has 0 amide bonds. The number of H-pyrrole nitrogens is 1. The van der Waals surface area contributed by atoms with Gasteiger partial charge in [-0.3, -0.25) is 9.59 Å². The van der Waals surface area contributed by atoms with Crippen molar-refractivity contribution in [3.8, 4) is 0 Å². The van der Waals surface area contributed by atoms with Crippen LogP contribution in [0.5, 0.6) is 0 Å². The standard InChI is InChI=1S/C6H6N2O3/c9-5-1-4(2-6(10)11)3-7-8-5/h1,3H,2H2,(H,8,9)(H,10,11). The number of carbonyl (C=O) groups is 1. The van der Waals surface area contributed by atoms with Crippen LogP contribution in [0.3, 0.4) is 0 Å². The molecular formula is C6H6N2O3. The molecule has 0 aliphatic rings. The van der Waals surface area contributed by atoms with Gasteiger partial charge < -0.3 is 5.11 Å². The van der Waals surface area contributed by atoms with E-state index in [1.54, 1.807) is 0 Å². The summed E-state index contributed by atoms with van der Waals surface area (Å²) in [5.74, 6) is -0.975. The Morgan fingerprint density at radius 2 is 2.45 bits per heavy atom. The van der Waals surface area contributed by atoms with E-state index in [-0.39, 0.29) is 12.0 Å². The summed E-state index contributed by atoms with van der Waals surface area (Å²) in [6.45, 7) is 0. The molecule has 0 aliphatic carbocycles. The predicted molar refractivity (Wildman–Crippen MR) is 36.2 cm³/mol. The van der Waals surface area contributed by atoms with Crippen molar-refractivity contribution in [3.05, 3.63) is 28.2 Å². The largest absolute Gasteiger partial charge is 0.481 e. The molecule has 0 saturated heterocycles. The minimum Gasteiger partial charge on any atom is -0.481 e. The number of nitrogens with one attached hydrogen (secondary N) is 1. The maximum Gasteiger partial charge on any atom is 0.307 e. The molecule has 58 valence electrons. The van der Waals surface area contributed by atoms with Crippen molar-refractivity contribution in [2.45, 2.75) is 6.42 Å². The number of carboxylic acid groups (broad SMARTS) is 1. The molecule has 5 heteroatoms. The molecule has 0 fully saturated rings. The van der Waals surface area contributed by atoms with Crippen LogP contribution >= 0.6 is 0 Å². The summed E-state index contributed by atoms with van der Waals surface area (Å²) in [6, 6.07) is 1.21. The lowest BCUT2D eigenvalue weighted by atomic mass is 10.2. The highest BCUT2D eigenvalue weighted by Gasteiger charge is 1.99. The molecule has 0 aromatic carbocycles. The van der Waals surface area contributed by atoms with Gasteiger partial charge in [0, 0.05) is 6.07 Å². The van der Waals surface area contributed by atoms with Crippen molar-refractivity contribution in [3.63, 3.8) is 0 Å². The molecular weight excluding hydrogens is 148 g/mol. The van der Waals surface area contributed by atoms with E-state index in [1.165, 1.54) is 12.3 Å². The van der Waals surface area contributed by atoms with Crippen molar-refractivity contribution in [1.29, 1.82) is 0 Å². The molecule has 0 bridgehead atoms. The van der Waals surface area contributed by atoms with Gasteiger partial charge >= 0.3 is 5.97 Å². The molecule has 1 aromatic heterocycles. The van der Waals surface area contributed by atoms with Crippen molar-refractivity contribution >= 4 is 5.97 Å². The van der Waals surface area contributed by atoms with Gasteiger partial charge in [0.15, 0.2) is 0 Å². The number of aliphatic carboxylic acids is 1. The Balaban J connectivity index is 2.88. The molecule has 2 N–H and O–H groups in total. The molecule has 1 heterocycles. The second kappa shape index (κ2) is 2.96. The third kappa shape index (κ3) is 2.21. The van der Waals surface area contributed by atoms with Gasteiger partial charge in [-0.15, -0.1) is 0 Å². The molecule has 1 rings (SSSR count). The first-order chi connectivity index (χ1) is 5.18. The number of nitrogens with zero attached hydrogens (tertiary/aromatic N) is 1. The van der Waals surface area contributed by atoms with Crippen LogP contribution in [0.15, 0.2) is 17.1 Å². The zero-order chi connectivity index (χ0) is 8.27. The Morgan fingerprint density at radius 1 is 1.73 bits per heavy atom. The second-order valence-electron chi connectivity index (χ2n) is 2.02. The van der Waals surface area contributed by atoms with Gasteiger partial charge in [-0.2, -0.15) is 5.10 Å². The molecule has 11 heavy (non-hydrogen) atoms. The first kappa shape index (κ1) is 7.46. The minimum absolute atomic E-state index is 0.170. The highest BCUT2D eigenvalue weighted by Crippen LogP contribution is 1.91. The maximum absolute atomic E-state index is 10.6. The Labute approximate surface area is 61.7 Å². The molecule has 0 atom stereocenters. The van der Waals surface area contributed by atoms with Crippen LogP contribution in [0.2, 0.25) is 0 Å². The van der Waals surface area contributed by atoms with Gasteiger partial charge in [-0.05, 0) is 5.56 Å². The highest BCUT2D eigenvalue weighted by molar-refractivity contribution is 5.69. The van der Waals surface area contributed by atoms with Crippen molar-refractivity contribution < 1.29 is 9.90 Å². The van der Waals surface area contributed by atoms with Crippen LogP contribution in [-0.4, -0.2) is 21.3 Å². The topological polar surface area (TPSA) is 83.0 Å². The van der Waals surface area contributed by atoms with E-state index in [1.807, 2.05) is 0 Å². The Bertz CT molecular complexity index is 318. The zero-order valence-electron chi connectivity index (χ0n) is 5.57. The molecule has 0 unspecified atom stereocenters. The predicted octanol–water partition coefficient (Wildman–Crippen LogP) is -0.603. The van der Waals surface area contributed by atoms with Gasteiger partial charge in [0.1, 0.15) is 0 Å². The van der Waals surface area contributed by atoms with Crippen molar-refractivity contribution in [2.24, 2.45) is 0 Å². The lowest BCUT2D eigenvalue weighted by Gasteiger charge is -1.91. The normalized spacial score (nSPS) is 9.45. The number of hydrogen-bond donors (Lipinski definition) is 2. The average Bonchev–Trinajstić information content (AvgIpc) is 1.85. The van der Waals surface area contributed by atoms with Crippen LogP contribution < -0.4 is 5.56 Å². The number of aromatic amines is 1. The fraction of sp³-hybridized carbons (Fsp3) is 0.167. The monoisotopic (exact) mass is 154 g/mol. The third-order valence-electron chi connectivity index (χ3n) is 1.08. The summed E-state index contributed by atoms with van der Waals surface area (Å²) < 4.78 is 0. The van der Waals surface area contributed by atoms with Crippen LogP contribution in [-0.2, 0) is 11.2 Å². The SMILES string of the molecule is O=C(O)Cc1cn[nH]c(=O)c1. The number of hydrogen-bond acceptors (Lipinski definition) is 3. The van der Waals surface area contributed by atoms with Gasteiger partial charge in [-0.25, -0.2) is 5.10 Å². The lowest BCUT2D eigenvalue weighted by Crippen LogP contribution is -2.10. The smallest absolute Gasteiger partial charge is 0.307 e. The first-order valence-corrected chi connectivity index (χ1v) is 2.94. The van der Waals surface area contributed by atoms with E-state index >= 15 is 0 Å². The average molecular weight is 154 g/mol. The summed E-state index contributed by atoms with van der Waals surface area (Å²) in [5, 5.41) is 13.9. The van der Waals surface area contributed by atoms with E-state index in [2.05, 4.69) is 10.2 Å². The molecule has 1 aromatic rings. The molecule has 5 nitrogen and oxygen atoms in total. The van der Waals surface area contributed by atoms with Crippen molar-refractivity contribution in [2.75, 3.05) is 0 Å². The van der Waals surface area contributed by atoms with E-state index < -0.39 is 5.97 Å². The quantitative estimate of drug-likeness (QED) is 0.595. The summed E-state index contributed by atoms with van der Waals surface area (Å²) in [6.07, 6.45) is 1.15. The first-order valence-electron chi connectivity index (χ1n) is 2.94. The van der Waals surface area contributed by atoms with Crippen LogP contribution in [0, 0.1) is 0 Å². The van der Waals surface area contributed by atoms with Gasteiger partial charge in [0.2, 0.25) is 0 Å². The highest BCUT2D eigenvalue weighted by atomic mass is 16.4. The Morgan fingerprint density at radius 3 is 3.00 bits per heavy atom. The third-order valence-corrected chi connectivity index (χ3v) is 1.08. The van der Waals surface area contributed by atoms with Crippen LogP contribution in [0.25, 0.3) is 0 Å². The maximum atomic E-state index is 10.6. The fourth-order valence-electron chi connectivity index (χ4n) is 0.688. The fourth-order valence-corrected chi connectivity index (χ4v) is 0.688. The Hall–Kier alpha value is -1.65. The summed E-state index contributed by atoms with van der Waals surface area (Å²) in [5.41, 5.74) is 0.0185. The second-order valence-corrected chi connectivity index (χ2v) is 2.02. The zero-order valence-corrected chi connectivity index (χ0v) is 5.57. The van der Waals surface area contributed by atoms with E-state index in [4.69, 9.17) is 5.11 Å². The van der Waals surface area contributed by atoms with Gasteiger partial charge in [0.25, 0.3) is 5.56 Å².